The molecule has 0 saturated carbocycles. The number of esters is 1. The fourth-order valence-corrected chi connectivity index (χ4v) is 2.27. The fourth-order valence-electron chi connectivity index (χ4n) is 2.09. The van der Waals surface area contributed by atoms with Gasteiger partial charge >= 0.3 is 5.97 Å². The first kappa shape index (κ1) is 20.6. The molecule has 27 heavy (non-hydrogen) atoms. The number of carbonyl (C=O) groups is 2. The summed E-state index contributed by atoms with van der Waals surface area (Å²) in [7, 11) is 0. The van der Waals surface area contributed by atoms with Crippen LogP contribution in [0.3, 0.4) is 0 Å². The van der Waals surface area contributed by atoms with E-state index in [2.05, 4.69) is 5.32 Å². The van der Waals surface area contributed by atoms with E-state index in [9.17, 15) is 9.59 Å². The van der Waals surface area contributed by atoms with Crippen LogP contribution in [0.4, 0.5) is 5.69 Å². The highest BCUT2D eigenvalue weighted by atomic mass is 35.5. The number of para-hydroxylation sites is 2. The average molecular weight is 392 g/mol. The van der Waals surface area contributed by atoms with Crippen LogP contribution in [0.2, 0.25) is 5.02 Å². The van der Waals surface area contributed by atoms with E-state index in [0.29, 0.717) is 28.8 Å². The molecule has 0 aliphatic heterocycles. The highest BCUT2D eigenvalue weighted by Gasteiger charge is 2.11. The lowest BCUT2D eigenvalue weighted by Crippen LogP contribution is -2.23. The van der Waals surface area contributed by atoms with Gasteiger partial charge in [0.25, 0.3) is 5.91 Å². The van der Waals surface area contributed by atoms with Crippen LogP contribution >= 0.6 is 11.6 Å². The molecule has 6 nitrogen and oxygen atoms in total. The Morgan fingerprint density at radius 1 is 1.04 bits per heavy atom. The molecule has 0 heterocycles. The van der Waals surface area contributed by atoms with Gasteiger partial charge in [0.2, 0.25) is 0 Å². The van der Waals surface area contributed by atoms with Crippen molar-refractivity contribution < 1.29 is 23.8 Å². The molecule has 144 valence electrons. The highest BCUT2D eigenvalue weighted by molar-refractivity contribution is 6.31. The zero-order valence-corrected chi connectivity index (χ0v) is 16.0. The number of aryl methyl sites for hydroxylation is 1. The number of rotatable bonds is 9. The smallest absolute Gasteiger partial charge is 0.344 e. The first-order valence-electron chi connectivity index (χ1n) is 8.56. The fraction of sp³-hybridized carbons (Fsp3) is 0.300. The highest BCUT2D eigenvalue weighted by Crippen LogP contribution is 2.26. The van der Waals surface area contributed by atoms with Gasteiger partial charge < -0.3 is 19.5 Å². The van der Waals surface area contributed by atoms with Crippen LogP contribution in [0.1, 0.15) is 18.9 Å². The zero-order valence-electron chi connectivity index (χ0n) is 15.3. The summed E-state index contributed by atoms with van der Waals surface area (Å²) >= 11 is 6.01. The quantitative estimate of drug-likeness (QED) is 0.654. The van der Waals surface area contributed by atoms with Gasteiger partial charge in [-0.15, -0.1) is 0 Å². The predicted octanol–water partition coefficient (Wildman–Crippen LogP) is 4.00. The number of carbonyl (C=O) groups excluding carboxylic acids is 2. The van der Waals surface area contributed by atoms with Gasteiger partial charge in [0.05, 0.1) is 6.61 Å². The van der Waals surface area contributed by atoms with Crippen molar-refractivity contribution in [3.63, 3.8) is 0 Å². The molecule has 0 bridgehead atoms. The number of halogens is 1. The Morgan fingerprint density at radius 3 is 2.41 bits per heavy atom. The van der Waals surface area contributed by atoms with E-state index in [1.807, 2.05) is 19.9 Å². The summed E-state index contributed by atoms with van der Waals surface area (Å²) in [4.78, 5) is 23.7. The van der Waals surface area contributed by atoms with Crippen LogP contribution in [0.15, 0.2) is 42.5 Å². The first-order chi connectivity index (χ1) is 13.0. The number of amides is 1. The van der Waals surface area contributed by atoms with Crippen molar-refractivity contribution in [2.24, 2.45) is 0 Å². The molecule has 0 aromatic heterocycles. The van der Waals surface area contributed by atoms with Gasteiger partial charge in [-0.05, 0) is 43.2 Å². The molecule has 0 atom stereocenters. The lowest BCUT2D eigenvalue weighted by Gasteiger charge is -2.12. The minimum absolute atomic E-state index is 0.323. The molecule has 0 fully saturated rings. The Labute approximate surface area is 163 Å². The van der Waals surface area contributed by atoms with Crippen molar-refractivity contribution in [1.29, 1.82) is 0 Å². The van der Waals surface area contributed by atoms with Gasteiger partial charge in [-0.1, -0.05) is 36.7 Å². The van der Waals surface area contributed by atoms with Crippen molar-refractivity contribution in [2.45, 2.75) is 20.3 Å². The summed E-state index contributed by atoms with van der Waals surface area (Å²) in [5.41, 5.74) is 1.44. The summed E-state index contributed by atoms with van der Waals surface area (Å²) in [5, 5.41) is 3.15. The van der Waals surface area contributed by atoms with E-state index in [1.54, 1.807) is 36.4 Å². The Kier molecular flexibility index (Phi) is 7.95. The largest absolute Gasteiger partial charge is 0.490 e. The normalized spacial score (nSPS) is 10.2. The molecule has 1 N–H and O–H groups in total. The van der Waals surface area contributed by atoms with E-state index in [4.69, 9.17) is 25.8 Å². The Morgan fingerprint density at radius 2 is 1.74 bits per heavy atom. The van der Waals surface area contributed by atoms with Crippen LogP contribution < -0.4 is 14.8 Å². The minimum atomic E-state index is -0.655. The van der Waals surface area contributed by atoms with Crippen LogP contribution in [0, 0.1) is 6.92 Å². The van der Waals surface area contributed by atoms with Gasteiger partial charge in [-0.3, -0.25) is 4.79 Å². The summed E-state index contributed by atoms with van der Waals surface area (Å²) < 4.78 is 15.9. The van der Waals surface area contributed by atoms with Crippen molar-refractivity contribution in [3.8, 4) is 11.5 Å². The number of ether oxygens (including phenoxy) is 3. The van der Waals surface area contributed by atoms with Crippen LogP contribution in [-0.2, 0) is 14.3 Å². The van der Waals surface area contributed by atoms with E-state index >= 15 is 0 Å². The Hall–Kier alpha value is -2.73. The van der Waals surface area contributed by atoms with Gasteiger partial charge in [-0.25, -0.2) is 4.79 Å². The topological polar surface area (TPSA) is 73.9 Å². The number of hydrogen-bond acceptors (Lipinski definition) is 5. The van der Waals surface area contributed by atoms with Gasteiger partial charge in [0.15, 0.2) is 24.7 Å². The number of benzene rings is 2. The van der Waals surface area contributed by atoms with Crippen molar-refractivity contribution in [1.82, 2.24) is 0 Å². The van der Waals surface area contributed by atoms with E-state index in [0.717, 1.165) is 12.0 Å². The third-order valence-electron chi connectivity index (χ3n) is 3.48. The molecule has 1 amide bonds. The second-order valence-corrected chi connectivity index (χ2v) is 6.16. The average Bonchev–Trinajstić information content (AvgIpc) is 2.66. The first-order valence-corrected chi connectivity index (χ1v) is 8.93. The van der Waals surface area contributed by atoms with Crippen LogP contribution in [0.5, 0.6) is 11.5 Å². The molecule has 0 saturated heterocycles. The van der Waals surface area contributed by atoms with Gasteiger partial charge in [-0.2, -0.15) is 0 Å². The van der Waals surface area contributed by atoms with E-state index in [1.165, 1.54) is 0 Å². The molecule has 0 radical (unpaired) electrons. The predicted molar refractivity (Wildman–Crippen MR) is 104 cm³/mol. The third kappa shape index (κ3) is 6.83. The van der Waals surface area contributed by atoms with Crippen molar-refractivity contribution >= 4 is 29.2 Å². The minimum Gasteiger partial charge on any atom is -0.490 e. The molecule has 0 spiro atoms. The lowest BCUT2D eigenvalue weighted by molar-refractivity contribution is -0.149. The maximum Gasteiger partial charge on any atom is 0.344 e. The number of nitrogens with one attached hydrogen (secondary N) is 1. The molecule has 2 aromatic rings. The van der Waals surface area contributed by atoms with E-state index < -0.39 is 18.5 Å². The zero-order chi connectivity index (χ0) is 19.6. The maximum atomic E-state index is 11.9. The summed E-state index contributed by atoms with van der Waals surface area (Å²) in [6.07, 6.45) is 0.859. The van der Waals surface area contributed by atoms with Crippen LogP contribution in [-0.4, -0.2) is 31.7 Å². The summed E-state index contributed by atoms with van der Waals surface area (Å²) in [6.45, 7) is 3.67. The molecule has 0 unspecified atom stereocenters. The van der Waals surface area contributed by atoms with E-state index in [-0.39, 0.29) is 6.61 Å². The summed E-state index contributed by atoms with van der Waals surface area (Å²) in [6, 6.07) is 12.2. The van der Waals surface area contributed by atoms with Crippen molar-refractivity contribution in [3.05, 3.63) is 53.1 Å². The molecule has 0 aliphatic rings. The molecule has 0 aliphatic carbocycles. The number of anilines is 1. The second kappa shape index (κ2) is 10.4. The van der Waals surface area contributed by atoms with Gasteiger partial charge in [0, 0.05) is 10.7 Å². The van der Waals surface area contributed by atoms with Crippen LogP contribution in [0.25, 0.3) is 0 Å². The Balaban J connectivity index is 1.77. The second-order valence-electron chi connectivity index (χ2n) is 5.76. The SMILES string of the molecule is CCCOc1ccccc1OCC(=O)OCC(=O)Nc1ccc(C)c(Cl)c1. The van der Waals surface area contributed by atoms with Gasteiger partial charge in [0.1, 0.15) is 0 Å². The molecule has 7 heteroatoms. The monoisotopic (exact) mass is 391 g/mol. The standard InChI is InChI=1S/C20H22ClNO5/c1-3-10-25-17-6-4-5-7-18(17)26-13-20(24)27-12-19(23)22-15-9-8-14(2)16(21)11-15/h4-9,11H,3,10,12-13H2,1-2H3,(H,22,23). The van der Waals surface area contributed by atoms with Crippen molar-refractivity contribution in [2.75, 3.05) is 25.1 Å². The Bertz CT molecular complexity index is 794. The summed E-state index contributed by atoms with van der Waals surface area (Å²) in [5.74, 6) is -0.116. The molecule has 2 rings (SSSR count). The number of hydrogen-bond donors (Lipinski definition) is 1. The lowest BCUT2D eigenvalue weighted by atomic mass is 10.2. The maximum absolute atomic E-state index is 11.9. The third-order valence-corrected chi connectivity index (χ3v) is 3.88. The molecular formula is C20H22ClNO5. The molecular weight excluding hydrogens is 370 g/mol. The molecule has 2 aromatic carbocycles.